The lowest BCUT2D eigenvalue weighted by Crippen LogP contribution is -2.17. The van der Waals surface area contributed by atoms with E-state index < -0.39 is 5.97 Å². The second kappa shape index (κ2) is 5.35. The molecule has 1 heterocycles. The van der Waals surface area contributed by atoms with Gasteiger partial charge in [-0.1, -0.05) is 42.5 Å². The van der Waals surface area contributed by atoms with E-state index >= 15 is 0 Å². The first-order valence-electron chi connectivity index (χ1n) is 6.58. The van der Waals surface area contributed by atoms with E-state index in [0.717, 1.165) is 16.3 Å². The van der Waals surface area contributed by atoms with Crippen LogP contribution < -0.4 is 5.48 Å². The number of esters is 1. The van der Waals surface area contributed by atoms with E-state index in [2.05, 4.69) is 17.6 Å². The average molecular weight is 269 g/mol. The van der Waals surface area contributed by atoms with Crippen molar-refractivity contribution in [2.24, 2.45) is 0 Å². The zero-order valence-corrected chi connectivity index (χ0v) is 11.1. The number of hydrogen-bond donors (Lipinski definition) is 1. The van der Waals surface area contributed by atoms with Crippen molar-refractivity contribution in [2.75, 3.05) is 6.61 Å². The second-order valence-electron chi connectivity index (χ2n) is 4.51. The van der Waals surface area contributed by atoms with Crippen LogP contribution in [0.25, 0.3) is 10.8 Å². The maximum absolute atomic E-state index is 11.7. The van der Waals surface area contributed by atoms with Gasteiger partial charge >= 0.3 is 5.97 Å². The van der Waals surface area contributed by atoms with E-state index in [1.807, 2.05) is 30.3 Å². The predicted molar refractivity (Wildman–Crippen MR) is 75.6 cm³/mol. The number of hydroxylamine groups is 1. The van der Waals surface area contributed by atoms with Gasteiger partial charge in [0.1, 0.15) is 11.8 Å². The summed E-state index contributed by atoms with van der Waals surface area (Å²) >= 11 is 0. The van der Waals surface area contributed by atoms with E-state index in [9.17, 15) is 4.79 Å². The highest BCUT2D eigenvalue weighted by molar-refractivity contribution is 5.89. The molecule has 1 unspecified atom stereocenters. The van der Waals surface area contributed by atoms with Gasteiger partial charge in [-0.05, 0) is 29.3 Å². The molecule has 1 aliphatic heterocycles. The van der Waals surface area contributed by atoms with E-state index in [4.69, 9.17) is 9.57 Å². The minimum Gasteiger partial charge on any atom is -0.461 e. The number of rotatable bonds is 3. The monoisotopic (exact) mass is 269 g/mol. The van der Waals surface area contributed by atoms with Crippen LogP contribution >= 0.6 is 0 Å². The van der Waals surface area contributed by atoms with Gasteiger partial charge in [0.15, 0.2) is 0 Å². The summed E-state index contributed by atoms with van der Waals surface area (Å²) in [5.74, 6) is -0.393. The molecule has 1 N–H and O–H groups in total. The minimum atomic E-state index is -0.393. The molecular formula is C16H15NO3. The van der Waals surface area contributed by atoms with Crippen LogP contribution in [-0.4, -0.2) is 12.6 Å². The lowest BCUT2D eigenvalue weighted by molar-refractivity contribution is -0.140. The van der Waals surface area contributed by atoms with Crippen molar-refractivity contribution in [3.05, 3.63) is 59.8 Å². The smallest absolute Gasteiger partial charge is 0.356 e. The van der Waals surface area contributed by atoms with Crippen molar-refractivity contribution in [2.45, 2.75) is 13.0 Å². The molecule has 0 spiro atoms. The molecule has 0 radical (unpaired) electrons. The van der Waals surface area contributed by atoms with Crippen LogP contribution in [0.1, 0.15) is 18.6 Å². The molecule has 4 heteroatoms. The quantitative estimate of drug-likeness (QED) is 0.870. The number of nitrogens with one attached hydrogen (secondary N) is 1. The van der Waals surface area contributed by atoms with Crippen molar-refractivity contribution in [1.82, 2.24) is 5.48 Å². The van der Waals surface area contributed by atoms with Gasteiger partial charge in [-0.15, -0.1) is 0 Å². The van der Waals surface area contributed by atoms with Crippen molar-refractivity contribution in [1.29, 1.82) is 0 Å². The van der Waals surface area contributed by atoms with E-state index in [0.29, 0.717) is 12.3 Å². The largest absolute Gasteiger partial charge is 0.461 e. The summed E-state index contributed by atoms with van der Waals surface area (Å²) in [5.41, 5.74) is 4.02. The van der Waals surface area contributed by atoms with Gasteiger partial charge < -0.3 is 4.74 Å². The van der Waals surface area contributed by atoms with Crippen molar-refractivity contribution in [3.8, 4) is 0 Å². The molecule has 0 aliphatic carbocycles. The summed E-state index contributed by atoms with van der Waals surface area (Å²) in [4.78, 5) is 17.1. The Bertz CT molecular complexity index is 673. The summed E-state index contributed by atoms with van der Waals surface area (Å²) in [7, 11) is 0. The maximum Gasteiger partial charge on any atom is 0.356 e. The molecule has 2 aromatic carbocycles. The normalized spacial score (nSPS) is 17.6. The van der Waals surface area contributed by atoms with Gasteiger partial charge in [0.05, 0.1) is 6.61 Å². The lowest BCUT2D eigenvalue weighted by Gasteiger charge is -2.10. The summed E-state index contributed by atoms with van der Waals surface area (Å²) in [6.45, 7) is 2.12. The molecule has 2 aromatic rings. The number of ether oxygens (including phenoxy) is 1. The Hall–Kier alpha value is -2.33. The number of carbonyl (C=O) groups excluding carboxylic acids is 1. The van der Waals surface area contributed by atoms with Crippen LogP contribution in [0.15, 0.2) is 54.2 Å². The highest BCUT2D eigenvalue weighted by Crippen LogP contribution is 2.30. The van der Waals surface area contributed by atoms with Crippen LogP contribution in [-0.2, 0) is 14.4 Å². The lowest BCUT2D eigenvalue weighted by atomic mass is 10.00. The summed E-state index contributed by atoms with van der Waals surface area (Å²) in [6, 6.07) is 14.1. The third kappa shape index (κ3) is 2.26. The summed E-state index contributed by atoms with van der Waals surface area (Å²) in [6.07, 6.45) is 1.46. The van der Waals surface area contributed by atoms with Gasteiger partial charge in [0.2, 0.25) is 0 Å². The Morgan fingerprint density at radius 1 is 1.25 bits per heavy atom. The summed E-state index contributed by atoms with van der Waals surface area (Å²) in [5, 5.41) is 2.26. The fourth-order valence-corrected chi connectivity index (χ4v) is 2.32. The molecule has 4 nitrogen and oxygen atoms in total. The first-order valence-corrected chi connectivity index (χ1v) is 6.58. The third-order valence-corrected chi connectivity index (χ3v) is 3.24. The number of benzene rings is 2. The molecule has 0 aromatic heterocycles. The molecule has 0 bridgehead atoms. The zero-order valence-electron chi connectivity index (χ0n) is 11.1. The number of fused-ring (bicyclic) bond motifs is 1. The topological polar surface area (TPSA) is 47.6 Å². The first-order chi connectivity index (χ1) is 9.79. The Labute approximate surface area is 116 Å². The fourth-order valence-electron chi connectivity index (χ4n) is 2.32. The fraction of sp³-hybridized carbons (Fsp3) is 0.188. The molecule has 1 aliphatic rings. The standard InChI is InChI=1S/C16H15NO3/c1-2-19-16(18)14-10-15(20-17-14)13-9-5-7-11-6-3-4-8-12(11)13/h3-10,15,17H,2H2,1H3. The van der Waals surface area contributed by atoms with Gasteiger partial charge in [0, 0.05) is 0 Å². The second-order valence-corrected chi connectivity index (χ2v) is 4.51. The molecule has 0 saturated heterocycles. The molecule has 1 atom stereocenters. The van der Waals surface area contributed by atoms with Gasteiger partial charge in [0.25, 0.3) is 0 Å². The minimum absolute atomic E-state index is 0.291. The highest BCUT2D eigenvalue weighted by Gasteiger charge is 2.24. The molecule has 0 fully saturated rings. The number of carbonyl (C=O) groups is 1. The number of hydrogen-bond acceptors (Lipinski definition) is 4. The van der Waals surface area contributed by atoms with E-state index in [-0.39, 0.29) is 6.10 Å². The molecular weight excluding hydrogens is 254 g/mol. The maximum atomic E-state index is 11.7. The van der Waals surface area contributed by atoms with E-state index in [1.165, 1.54) is 0 Å². The van der Waals surface area contributed by atoms with Crippen LogP contribution in [0.3, 0.4) is 0 Å². The SMILES string of the molecule is CCOC(=O)C1=CC(c2cccc3ccccc23)ON1. The van der Waals surface area contributed by atoms with Crippen molar-refractivity contribution >= 4 is 16.7 Å². The van der Waals surface area contributed by atoms with Crippen molar-refractivity contribution in [3.63, 3.8) is 0 Å². The highest BCUT2D eigenvalue weighted by atomic mass is 16.7. The third-order valence-electron chi connectivity index (χ3n) is 3.24. The Kier molecular flexibility index (Phi) is 3.39. The Morgan fingerprint density at radius 3 is 2.90 bits per heavy atom. The molecule has 20 heavy (non-hydrogen) atoms. The van der Waals surface area contributed by atoms with Crippen LogP contribution in [0, 0.1) is 0 Å². The predicted octanol–water partition coefficient (Wildman–Crippen LogP) is 2.86. The molecule has 0 amide bonds. The average Bonchev–Trinajstić information content (AvgIpc) is 2.97. The van der Waals surface area contributed by atoms with Crippen LogP contribution in [0.4, 0.5) is 0 Å². The summed E-state index contributed by atoms with van der Waals surface area (Å²) < 4.78 is 4.95. The van der Waals surface area contributed by atoms with Gasteiger partial charge in [-0.25, -0.2) is 4.79 Å². The Morgan fingerprint density at radius 2 is 2.05 bits per heavy atom. The Balaban J connectivity index is 1.95. The van der Waals surface area contributed by atoms with Gasteiger partial charge in [-0.2, -0.15) is 0 Å². The van der Waals surface area contributed by atoms with Crippen LogP contribution in [0.5, 0.6) is 0 Å². The van der Waals surface area contributed by atoms with Crippen LogP contribution in [0.2, 0.25) is 0 Å². The van der Waals surface area contributed by atoms with E-state index in [1.54, 1.807) is 13.0 Å². The molecule has 0 saturated carbocycles. The van der Waals surface area contributed by atoms with Crippen molar-refractivity contribution < 1.29 is 14.4 Å². The first kappa shape index (κ1) is 12.7. The van der Waals surface area contributed by atoms with Gasteiger partial charge in [-0.3, -0.25) is 10.3 Å². The molecule has 102 valence electrons. The molecule has 3 rings (SSSR count). The zero-order chi connectivity index (χ0) is 13.9.